The number of hydrogen-bond acceptors (Lipinski definition) is 16. The molecular weight excluding hydrogens is 1310 g/mol. The van der Waals surface area contributed by atoms with E-state index in [0.29, 0.717) is 0 Å². The van der Waals surface area contributed by atoms with Crippen LogP contribution in [0.5, 0.6) is 0 Å². The van der Waals surface area contributed by atoms with Crippen molar-refractivity contribution in [2.24, 2.45) is 0 Å². The summed E-state index contributed by atoms with van der Waals surface area (Å²) in [6, 6.07) is 99.3. The summed E-state index contributed by atoms with van der Waals surface area (Å²) in [5.74, 6) is 0. The fourth-order valence-electron chi connectivity index (χ4n) is 13.2. The lowest BCUT2D eigenvalue weighted by molar-refractivity contribution is -0.397. The molecule has 0 bridgehead atoms. The third-order valence-electron chi connectivity index (χ3n) is 18.6. The highest BCUT2D eigenvalue weighted by atomic mass is 16.8. The summed E-state index contributed by atoms with van der Waals surface area (Å²) in [5.41, 5.74) is 9.20. The molecule has 3 aliphatic rings. The number of aliphatic hydroxyl groups excluding tert-OH is 1. The summed E-state index contributed by atoms with van der Waals surface area (Å²) in [4.78, 5) is 0. The topological polar surface area (TPSA) is 159 Å². The van der Waals surface area contributed by atoms with Gasteiger partial charge in [-0.05, 0) is 55.6 Å². The predicted octanol–water partition coefficient (Wildman–Crippen LogP) is 14.7. The Hall–Kier alpha value is -8.44. The minimum Gasteiger partial charge on any atom is -0.374 e. The zero-order chi connectivity index (χ0) is 70.6. The molecule has 1 N–H and O–H groups in total. The van der Waals surface area contributed by atoms with Crippen LogP contribution in [-0.2, 0) is 137 Å². The molecule has 15 atom stereocenters. The summed E-state index contributed by atoms with van der Waals surface area (Å²) in [5, 5.41) is 13.0. The standard InChI is InChI=1S/C88H92O16/c89-86-83(97-58-71-45-25-8-26-46-71)82(104-88-85(99-60-73-49-29-10-30-50-73)81(96-57-70-43-23-7-24-44-70)78(94-55-68-39-19-5-20-40-68)75(102-88)62-91-52-65-33-13-2-14-34-65)79(76(100-86)63-92-53-66-35-15-3-16-36-66)103-87-84(98-59-72-47-27-9-28-48-72)80(95-56-69-41-21-6-22-42-69)77(93-54-67-37-17-4-18-38-67)74(101-87)61-90-51-64-31-11-1-12-32-64/h1-50,74-89H,51-63H2/t74-,75-,76-,77-,78-,79-,80+,81+,82+,83-,84-,85-,86+,87-,88-/m1/s1. The van der Waals surface area contributed by atoms with Gasteiger partial charge in [-0.3, -0.25) is 0 Å². The monoisotopic (exact) mass is 1400 g/mol. The average molecular weight is 1410 g/mol. The Morgan fingerprint density at radius 1 is 0.202 bits per heavy atom. The quantitative estimate of drug-likeness (QED) is 0.0392. The number of aliphatic hydroxyl groups is 1. The van der Waals surface area contributed by atoms with Crippen molar-refractivity contribution in [3.8, 4) is 0 Å². The van der Waals surface area contributed by atoms with E-state index in [1.807, 2.05) is 303 Å². The zero-order valence-electron chi connectivity index (χ0n) is 58.3. The second-order valence-electron chi connectivity index (χ2n) is 26.2. The van der Waals surface area contributed by atoms with Crippen LogP contribution in [0, 0.1) is 0 Å². The van der Waals surface area contributed by atoms with Gasteiger partial charge in [0.25, 0.3) is 0 Å². The molecule has 0 amide bonds. The SMILES string of the molecule is O[C@H]1O[C@H](COCc2ccccc2)[C@@H](O[C@H]2O[C@H](COCc3ccccc3)[C@@H](OCc3ccccc3)[C@H](OCc3ccccc3)[C@H]2OCc2ccccc2)[C@H](O[C@H]2O[C@H](COCc3ccccc3)[C@@H](OCc3ccccc3)[C@H](OCc3ccccc3)[C@H]2OCc2ccccc2)[C@H]1OCc1ccccc1. The molecule has 3 heterocycles. The van der Waals surface area contributed by atoms with Crippen LogP contribution in [0.2, 0.25) is 0 Å². The van der Waals surface area contributed by atoms with E-state index >= 15 is 0 Å². The van der Waals surface area contributed by atoms with E-state index in [0.717, 1.165) is 55.6 Å². The van der Waals surface area contributed by atoms with Gasteiger partial charge in [-0.25, -0.2) is 0 Å². The van der Waals surface area contributed by atoms with E-state index in [-0.39, 0.29) is 85.9 Å². The Balaban J connectivity index is 0.939. The second-order valence-corrected chi connectivity index (χ2v) is 26.2. The van der Waals surface area contributed by atoms with E-state index in [1.54, 1.807) is 0 Å². The van der Waals surface area contributed by atoms with Crippen LogP contribution in [0.1, 0.15) is 55.6 Å². The van der Waals surface area contributed by atoms with Crippen molar-refractivity contribution in [3.63, 3.8) is 0 Å². The fraction of sp³-hybridized carbons (Fsp3) is 0.318. The third-order valence-corrected chi connectivity index (χ3v) is 18.6. The zero-order valence-corrected chi connectivity index (χ0v) is 58.3. The van der Waals surface area contributed by atoms with Crippen LogP contribution in [0.4, 0.5) is 0 Å². The summed E-state index contributed by atoms with van der Waals surface area (Å²) >= 11 is 0. The van der Waals surface area contributed by atoms with E-state index in [1.165, 1.54) is 0 Å². The van der Waals surface area contributed by atoms with Crippen LogP contribution < -0.4 is 0 Å². The van der Waals surface area contributed by atoms with E-state index in [2.05, 4.69) is 0 Å². The highest BCUT2D eigenvalue weighted by Crippen LogP contribution is 2.40. The molecule has 16 nitrogen and oxygen atoms in total. The lowest BCUT2D eigenvalue weighted by Crippen LogP contribution is -2.68. The van der Waals surface area contributed by atoms with Crippen LogP contribution in [0.15, 0.2) is 303 Å². The van der Waals surface area contributed by atoms with E-state index in [9.17, 15) is 5.11 Å². The maximum Gasteiger partial charge on any atom is 0.187 e. The first-order chi connectivity index (χ1) is 51.5. The van der Waals surface area contributed by atoms with Crippen molar-refractivity contribution in [2.75, 3.05) is 19.8 Å². The third kappa shape index (κ3) is 21.6. The molecule has 0 aliphatic carbocycles. The minimum absolute atomic E-state index is 0.0285. The maximum absolute atomic E-state index is 13.0. The van der Waals surface area contributed by atoms with Gasteiger partial charge in [0.15, 0.2) is 18.9 Å². The van der Waals surface area contributed by atoms with Gasteiger partial charge in [0, 0.05) is 0 Å². The molecule has 16 heteroatoms. The molecule has 10 aromatic rings. The molecule has 0 aromatic heterocycles. The highest BCUT2D eigenvalue weighted by Gasteiger charge is 2.57. The van der Waals surface area contributed by atoms with Crippen LogP contribution in [0.3, 0.4) is 0 Å². The van der Waals surface area contributed by atoms with Crippen molar-refractivity contribution in [1.82, 2.24) is 0 Å². The van der Waals surface area contributed by atoms with Crippen LogP contribution in [-0.4, -0.2) is 117 Å². The lowest BCUT2D eigenvalue weighted by Gasteiger charge is -2.51. The summed E-state index contributed by atoms with van der Waals surface area (Å²) in [6.07, 6.45) is -16.6. The van der Waals surface area contributed by atoms with E-state index < -0.39 is 92.1 Å². The maximum atomic E-state index is 13.0. The van der Waals surface area contributed by atoms with E-state index in [4.69, 9.17) is 71.1 Å². The molecule has 0 unspecified atom stereocenters. The summed E-state index contributed by atoms with van der Waals surface area (Å²) in [6.45, 7) is 1.71. The molecule has 10 aromatic carbocycles. The number of rotatable bonds is 37. The number of benzene rings is 10. The van der Waals surface area contributed by atoms with Gasteiger partial charge in [-0.15, -0.1) is 0 Å². The number of ether oxygens (including phenoxy) is 15. The molecule has 3 aliphatic heterocycles. The van der Waals surface area contributed by atoms with Gasteiger partial charge in [0.2, 0.25) is 0 Å². The van der Waals surface area contributed by atoms with Crippen LogP contribution in [0.25, 0.3) is 0 Å². The Morgan fingerprint density at radius 2 is 0.404 bits per heavy atom. The molecule has 540 valence electrons. The first-order valence-corrected chi connectivity index (χ1v) is 35.9. The molecule has 0 spiro atoms. The molecule has 3 fully saturated rings. The Bertz CT molecular complexity index is 3960. The molecule has 104 heavy (non-hydrogen) atoms. The van der Waals surface area contributed by atoms with Crippen molar-refractivity contribution in [1.29, 1.82) is 0 Å². The molecular formula is C88H92O16. The van der Waals surface area contributed by atoms with Gasteiger partial charge in [-0.1, -0.05) is 303 Å². The van der Waals surface area contributed by atoms with Gasteiger partial charge < -0.3 is 76.2 Å². The Kier molecular flexibility index (Phi) is 28.1. The first kappa shape index (κ1) is 73.9. The normalized spacial score (nSPS) is 24.8. The van der Waals surface area contributed by atoms with Gasteiger partial charge in [0.1, 0.15) is 73.2 Å². The predicted molar refractivity (Wildman–Crippen MR) is 391 cm³/mol. The first-order valence-electron chi connectivity index (χ1n) is 35.9. The number of hydrogen-bond donors (Lipinski definition) is 1. The minimum atomic E-state index is -1.65. The van der Waals surface area contributed by atoms with Gasteiger partial charge in [-0.2, -0.15) is 0 Å². The molecule has 3 saturated heterocycles. The molecule has 0 saturated carbocycles. The summed E-state index contributed by atoms with van der Waals surface area (Å²) in [7, 11) is 0. The van der Waals surface area contributed by atoms with Crippen LogP contribution >= 0.6 is 0 Å². The lowest BCUT2D eigenvalue weighted by atomic mass is 9.95. The molecule has 0 radical (unpaired) electrons. The second kappa shape index (κ2) is 39.6. The van der Waals surface area contributed by atoms with Crippen molar-refractivity contribution in [2.45, 2.75) is 158 Å². The molecule has 13 rings (SSSR count). The Labute approximate surface area is 610 Å². The smallest absolute Gasteiger partial charge is 0.187 e. The Morgan fingerprint density at radius 3 is 0.663 bits per heavy atom. The van der Waals surface area contributed by atoms with Crippen molar-refractivity contribution < 1.29 is 76.2 Å². The van der Waals surface area contributed by atoms with Crippen molar-refractivity contribution >= 4 is 0 Å². The average Bonchev–Trinajstić information content (AvgIpc) is 0.765. The van der Waals surface area contributed by atoms with Crippen molar-refractivity contribution in [3.05, 3.63) is 359 Å². The fourth-order valence-corrected chi connectivity index (χ4v) is 13.2. The summed E-state index contributed by atoms with van der Waals surface area (Å²) < 4.78 is 108. The van der Waals surface area contributed by atoms with Gasteiger partial charge >= 0.3 is 0 Å². The largest absolute Gasteiger partial charge is 0.374 e. The highest BCUT2D eigenvalue weighted by molar-refractivity contribution is 5.21. The van der Waals surface area contributed by atoms with Gasteiger partial charge in [0.05, 0.1) is 85.9 Å².